The molecule has 0 bridgehead atoms. The number of methoxy groups -OCH3 is 1. The molecule has 0 rings (SSSR count). The molecule has 4 nitrogen and oxygen atoms in total. The van der Waals surface area contributed by atoms with Crippen molar-refractivity contribution >= 4 is 6.09 Å². The van der Waals surface area contributed by atoms with Gasteiger partial charge in [-0.25, -0.2) is 4.79 Å². The van der Waals surface area contributed by atoms with Crippen molar-refractivity contribution in [3.63, 3.8) is 0 Å². The maximum Gasteiger partial charge on any atom is 0.409 e. The van der Waals surface area contributed by atoms with Crippen LogP contribution in [0.2, 0.25) is 0 Å². The van der Waals surface area contributed by atoms with E-state index in [2.05, 4.69) is 18.6 Å². The van der Waals surface area contributed by atoms with Crippen LogP contribution in [0.25, 0.3) is 0 Å². The first-order chi connectivity index (χ1) is 6.11. The molecule has 0 aliphatic carbocycles. The maximum atomic E-state index is 11.2. The second-order valence-electron chi connectivity index (χ2n) is 3.45. The Morgan fingerprint density at radius 3 is 2.54 bits per heavy atom. The summed E-state index contributed by atoms with van der Waals surface area (Å²) in [4.78, 5) is 12.9. The van der Waals surface area contributed by atoms with Gasteiger partial charge in [-0.1, -0.05) is 13.8 Å². The van der Waals surface area contributed by atoms with Gasteiger partial charge in [0.15, 0.2) is 0 Å². The van der Waals surface area contributed by atoms with Crippen LogP contribution in [0.15, 0.2) is 0 Å². The molecule has 4 heteroatoms. The largest absolute Gasteiger partial charge is 0.453 e. The zero-order valence-corrected chi connectivity index (χ0v) is 8.75. The van der Waals surface area contributed by atoms with E-state index in [1.165, 1.54) is 7.11 Å². The molecule has 0 spiro atoms. The SMILES string of the molecule is COC(=O)N(CCCN)CC(C)C. The molecule has 0 saturated heterocycles. The lowest BCUT2D eigenvalue weighted by Gasteiger charge is -2.22. The van der Waals surface area contributed by atoms with Crippen LogP contribution in [-0.2, 0) is 4.74 Å². The fraction of sp³-hybridized carbons (Fsp3) is 0.889. The van der Waals surface area contributed by atoms with Crippen LogP contribution in [0.1, 0.15) is 20.3 Å². The average molecular weight is 188 g/mol. The van der Waals surface area contributed by atoms with Crippen molar-refractivity contribution in [2.45, 2.75) is 20.3 Å². The van der Waals surface area contributed by atoms with E-state index < -0.39 is 0 Å². The number of nitrogens with two attached hydrogens (primary N) is 1. The first-order valence-electron chi connectivity index (χ1n) is 4.64. The van der Waals surface area contributed by atoms with Gasteiger partial charge >= 0.3 is 6.09 Å². The Labute approximate surface area is 80.0 Å². The number of ether oxygens (including phenoxy) is 1. The molecule has 0 unspecified atom stereocenters. The Balaban J connectivity index is 3.94. The molecule has 0 fully saturated rings. The Bertz CT molecular complexity index is 149. The predicted molar refractivity (Wildman–Crippen MR) is 52.5 cm³/mol. The van der Waals surface area contributed by atoms with E-state index in [-0.39, 0.29) is 6.09 Å². The minimum absolute atomic E-state index is 0.262. The van der Waals surface area contributed by atoms with Crippen LogP contribution < -0.4 is 5.73 Å². The standard InChI is InChI=1S/C9H20N2O2/c1-8(2)7-11(6-4-5-10)9(12)13-3/h8H,4-7,10H2,1-3H3. The van der Waals surface area contributed by atoms with Crippen molar-refractivity contribution < 1.29 is 9.53 Å². The highest BCUT2D eigenvalue weighted by molar-refractivity contribution is 5.67. The van der Waals surface area contributed by atoms with Gasteiger partial charge in [0, 0.05) is 13.1 Å². The minimum Gasteiger partial charge on any atom is -0.453 e. The van der Waals surface area contributed by atoms with Gasteiger partial charge in [-0.3, -0.25) is 0 Å². The van der Waals surface area contributed by atoms with Crippen molar-refractivity contribution in [2.24, 2.45) is 11.7 Å². The summed E-state index contributed by atoms with van der Waals surface area (Å²) >= 11 is 0. The van der Waals surface area contributed by atoms with Gasteiger partial charge in [-0.15, -0.1) is 0 Å². The number of rotatable bonds is 5. The van der Waals surface area contributed by atoms with E-state index in [1.807, 2.05) is 0 Å². The van der Waals surface area contributed by atoms with Crippen molar-refractivity contribution in [2.75, 3.05) is 26.7 Å². The van der Waals surface area contributed by atoms with Crippen LogP contribution in [0.5, 0.6) is 0 Å². The molecular weight excluding hydrogens is 168 g/mol. The second kappa shape index (κ2) is 6.71. The normalized spacial score (nSPS) is 10.2. The van der Waals surface area contributed by atoms with E-state index in [4.69, 9.17) is 5.73 Å². The molecule has 13 heavy (non-hydrogen) atoms. The molecule has 0 heterocycles. The molecule has 0 aromatic rings. The fourth-order valence-corrected chi connectivity index (χ4v) is 1.11. The number of nitrogens with zero attached hydrogens (tertiary/aromatic N) is 1. The third kappa shape index (κ3) is 5.47. The molecule has 0 aromatic heterocycles. The lowest BCUT2D eigenvalue weighted by atomic mass is 10.2. The van der Waals surface area contributed by atoms with Crippen molar-refractivity contribution in [1.29, 1.82) is 0 Å². The Hall–Kier alpha value is -0.770. The number of hydrogen-bond donors (Lipinski definition) is 1. The number of hydrogen-bond acceptors (Lipinski definition) is 3. The summed E-state index contributed by atoms with van der Waals surface area (Å²) in [7, 11) is 1.40. The fourth-order valence-electron chi connectivity index (χ4n) is 1.11. The first-order valence-corrected chi connectivity index (χ1v) is 4.64. The van der Waals surface area contributed by atoms with Crippen LogP contribution in [0, 0.1) is 5.92 Å². The van der Waals surface area contributed by atoms with Crippen LogP contribution in [-0.4, -0.2) is 37.7 Å². The van der Waals surface area contributed by atoms with Crippen molar-refractivity contribution in [3.8, 4) is 0 Å². The highest BCUT2D eigenvalue weighted by Crippen LogP contribution is 2.01. The third-order valence-electron chi connectivity index (χ3n) is 1.65. The van der Waals surface area contributed by atoms with E-state index in [9.17, 15) is 4.79 Å². The molecule has 2 N–H and O–H groups in total. The molecule has 0 saturated carbocycles. The van der Waals surface area contributed by atoms with Gasteiger partial charge < -0.3 is 15.4 Å². The van der Waals surface area contributed by atoms with Gasteiger partial charge in [-0.2, -0.15) is 0 Å². The van der Waals surface area contributed by atoms with Gasteiger partial charge in [-0.05, 0) is 18.9 Å². The highest BCUT2D eigenvalue weighted by Gasteiger charge is 2.13. The number of carbonyl (C=O) groups is 1. The van der Waals surface area contributed by atoms with Crippen LogP contribution in [0.3, 0.4) is 0 Å². The molecular formula is C9H20N2O2. The molecule has 0 aliphatic heterocycles. The van der Waals surface area contributed by atoms with Crippen LogP contribution in [0.4, 0.5) is 4.79 Å². The van der Waals surface area contributed by atoms with Gasteiger partial charge in [0.05, 0.1) is 7.11 Å². The number of carbonyl (C=O) groups excluding carboxylic acids is 1. The van der Waals surface area contributed by atoms with E-state index in [0.717, 1.165) is 13.0 Å². The van der Waals surface area contributed by atoms with Gasteiger partial charge in [0.2, 0.25) is 0 Å². The van der Waals surface area contributed by atoms with E-state index in [1.54, 1.807) is 4.90 Å². The Morgan fingerprint density at radius 1 is 1.54 bits per heavy atom. The molecule has 0 aromatic carbocycles. The number of amides is 1. The first kappa shape index (κ1) is 12.2. The summed E-state index contributed by atoms with van der Waals surface area (Å²) in [5.41, 5.74) is 5.37. The molecule has 0 atom stereocenters. The monoisotopic (exact) mass is 188 g/mol. The summed E-state index contributed by atoms with van der Waals surface area (Å²) in [6.07, 6.45) is 0.559. The van der Waals surface area contributed by atoms with Crippen molar-refractivity contribution in [3.05, 3.63) is 0 Å². The Morgan fingerprint density at radius 2 is 2.15 bits per heavy atom. The van der Waals surface area contributed by atoms with Crippen molar-refractivity contribution in [1.82, 2.24) is 4.90 Å². The molecule has 78 valence electrons. The maximum absolute atomic E-state index is 11.2. The highest BCUT2D eigenvalue weighted by atomic mass is 16.5. The summed E-state index contributed by atoms with van der Waals surface area (Å²) in [6, 6.07) is 0. The lowest BCUT2D eigenvalue weighted by Crippen LogP contribution is -2.35. The summed E-state index contributed by atoms with van der Waals surface area (Å²) in [6.45, 7) is 6.15. The summed E-state index contributed by atoms with van der Waals surface area (Å²) in [5.74, 6) is 0.455. The molecule has 0 radical (unpaired) electrons. The molecule has 0 aliphatic rings. The summed E-state index contributed by atoms with van der Waals surface area (Å²) in [5, 5.41) is 0. The van der Waals surface area contributed by atoms with E-state index in [0.29, 0.717) is 19.0 Å². The summed E-state index contributed by atoms with van der Waals surface area (Å²) < 4.78 is 4.66. The average Bonchev–Trinajstić information content (AvgIpc) is 2.10. The third-order valence-corrected chi connectivity index (χ3v) is 1.65. The topological polar surface area (TPSA) is 55.6 Å². The van der Waals surface area contributed by atoms with E-state index >= 15 is 0 Å². The quantitative estimate of drug-likeness (QED) is 0.702. The predicted octanol–water partition coefficient (Wildman–Crippen LogP) is 1.06. The molecule has 1 amide bonds. The zero-order valence-electron chi connectivity index (χ0n) is 8.75. The Kier molecular flexibility index (Phi) is 6.32. The van der Waals surface area contributed by atoms with Gasteiger partial charge in [0.25, 0.3) is 0 Å². The van der Waals surface area contributed by atoms with Gasteiger partial charge in [0.1, 0.15) is 0 Å². The lowest BCUT2D eigenvalue weighted by molar-refractivity contribution is 0.118. The smallest absolute Gasteiger partial charge is 0.409 e. The second-order valence-corrected chi connectivity index (χ2v) is 3.45. The van der Waals surface area contributed by atoms with Crippen LogP contribution >= 0.6 is 0 Å². The zero-order chi connectivity index (χ0) is 10.3. The minimum atomic E-state index is -0.262.